The molecule has 0 spiro atoms. The lowest BCUT2D eigenvalue weighted by Crippen LogP contribution is -2.67. The van der Waals surface area contributed by atoms with Crippen LogP contribution >= 0.6 is 0 Å². The maximum atomic E-state index is 13.4. The van der Waals surface area contributed by atoms with E-state index in [0.29, 0.717) is 23.7 Å². The molecule has 0 unspecified atom stereocenters. The van der Waals surface area contributed by atoms with E-state index >= 15 is 0 Å². The molecule has 5 saturated carbocycles. The normalized spacial score (nSPS) is 56.0. The highest BCUT2D eigenvalue weighted by Crippen LogP contribution is 2.78. The maximum absolute atomic E-state index is 13.4. The standard InChI is InChI=1S/C30H47NO3/c1-25(2)14-16-30-17-15-28(6)18(22(30)23(25)34-24(30)32)8-9-20-27(5)12-11-21(31-33)26(3,4)19(27)10-13-29(20,28)7/h18-20,22-23,33H,8-17H2,1-7H3/b31-21-/t18-,19+,20-,22+,23-,27+,28-,29-,30-/m1/s1. The van der Waals surface area contributed by atoms with Crippen LogP contribution in [0.15, 0.2) is 5.16 Å². The van der Waals surface area contributed by atoms with Gasteiger partial charge in [0.15, 0.2) is 0 Å². The van der Waals surface area contributed by atoms with E-state index in [-0.39, 0.29) is 44.6 Å². The molecule has 0 amide bonds. The van der Waals surface area contributed by atoms with E-state index in [1.165, 1.54) is 32.1 Å². The molecule has 2 bridgehead atoms. The summed E-state index contributed by atoms with van der Waals surface area (Å²) >= 11 is 0. The molecule has 9 atom stereocenters. The molecular formula is C30H47NO3. The van der Waals surface area contributed by atoms with Gasteiger partial charge in [-0.1, -0.05) is 53.6 Å². The van der Waals surface area contributed by atoms with Crippen LogP contribution in [0.5, 0.6) is 0 Å². The van der Waals surface area contributed by atoms with E-state index < -0.39 is 0 Å². The average Bonchev–Trinajstić information content (AvgIpc) is 3.01. The quantitative estimate of drug-likeness (QED) is 0.231. The minimum Gasteiger partial charge on any atom is -0.461 e. The second-order valence-electron chi connectivity index (χ2n) is 15.4. The molecule has 190 valence electrons. The van der Waals surface area contributed by atoms with E-state index in [4.69, 9.17) is 4.74 Å². The molecule has 0 aromatic rings. The Morgan fingerprint density at radius 1 is 0.824 bits per heavy atom. The van der Waals surface area contributed by atoms with E-state index in [1.807, 2.05) is 0 Å². The molecule has 4 heteroatoms. The molecule has 0 aromatic heterocycles. The second kappa shape index (κ2) is 6.62. The summed E-state index contributed by atoms with van der Waals surface area (Å²) in [5.74, 6) is 2.40. The van der Waals surface area contributed by atoms with Gasteiger partial charge in [-0.05, 0) is 98.2 Å². The van der Waals surface area contributed by atoms with Crippen molar-refractivity contribution in [1.29, 1.82) is 0 Å². The van der Waals surface area contributed by atoms with Gasteiger partial charge in [-0.15, -0.1) is 0 Å². The Balaban J connectivity index is 1.41. The lowest BCUT2D eigenvalue weighted by molar-refractivity contribution is -0.235. The summed E-state index contributed by atoms with van der Waals surface area (Å²) in [6.45, 7) is 17.2. The summed E-state index contributed by atoms with van der Waals surface area (Å²) in [5.41, 5.74) is 1.69. The molecule has 0 aromatic carbocycles. The summed E-state index contributed by atoms with van der Waals surface area (Å²) in [5, 5.41) is 13.5. The molecule has 1 saturated heterocycles. The van der Waals surface area contributed by atoms with E-state index in [2.05, 4.69) is 53.6 Å². The van der Waals surface area contributed by atoms with Crippen LogP contribution in [-0.2, 0) is 9.53 Å². The number of hydrogen-bond acceptors (Lipinski definition) is 4. The summed E-state index contributed by atoms with van der Waals surface area (Å²) < 4.78 is 6.28. The van der Waals surface area contributed by atoms with Crippen molar-refractivity contribution in [3.63, 3.8) is 0 Å². The Bertz CT molecular complexity index is 953. The SMILES string of the molecule is CC1(C)CC[C@@]23CC[C@]4(C)[C@H](CC[C@@H]5[C@@]6(C)CC/C(=N/O)C(C)(C)[C@@H]6CC[C@]54C)[C@H]2[C@H]1OC3=O. The van der Waals surface area contributed by atoms with Crippen molar-refractivity contribution in [3.05, 3.63) is 0 Å². The van der Waals surface area contributed by atoms with Gasteiger partial charge in [-0.3, -0.25) is 4.79 Å². The minimum atomic E-state index is -0.200. The molecule has 34 heavy (non-hydrogen) atoms. The fourth-order valence-corrected chi connectivity index (χ4v) is 11.8. The van der Waals surface area contributed by atoms with Gasteiger partial charge in [0.2, 0.25) is 0 Å². The Hall–Kier alpha value is -1.06. The summed E-state index contributed by atoms with van der Waals surface area (Å²) in [4.78, 5) is 13.4. The number of hydrogen-bond donors (Lipinski definition) is 1. The molecule has 5 aliphatic carbocycles. The first-order valence-corrected chi connectivity index (χ1v) is 14.2. The van der Waals surface area contributed by atoms with Crippen LogP contribution in [0.4, 0.5) is 0 Å². The van der Waals surface area contributed by atoms with E-state index in [9.17, 15) is 10.0 Å². The van der Waals surface area contributed by atoms with Crippen molar-refractivity contribution in [2.45, 2.75) is 119 Å². The topological polar surface area (TPSA) is 58.9 Å². The van der Waals surface area contributed by atoms with Gasteiger partial charge in [0.05, 0.1) is 11.1 Å². The molecule has 1 aliphatic heterocycles. The molecule has 1 heterocycles. The van der Waals surface area contributed by atoms with Crippen LogP contribution < -0.4 is 0 Å². The van der Waals surface area contributed by atoms with Gasteiger partial charge >= 0.3 is 5.97 Å². The highest BCUT2D eigenvalue weighted by atomic mass is 16.6. The molecular weight excluding hydrogens is 422 g/mol. The second-order valence-corrected chi connectivity index (χ2v) is 15.4. The third-order valence-corrected chi connectivity index (χ3v) is 14.0. The van der Waals surface area contributed by atoms with Crippen molar-refractivity contribution in [2.75, 3.05) is 0 Å². The molecule has 1 N–H and O–H groups in total. The highest BCUT2D eigenvalue weighted by molar-refractivity contribution is 5.90. The zero-order valence-electron chi connectivity index (χ0n) is 22.7. The largest absolute Gasteiger partial charge is 0.461 e. The number of carbonyl (C=O) groups excluding carboxylic acids is 1. The fraction of sp³-hybridized carbons (Fsp3) is 0.933. The predicted octanol–water partition coefficient (Wildman–Crippen LogP) is 7.23. The van der Waals surface area contributed by atoms with Crippen LogP contribution in [0.2, 0.25) is 0 Å². The van der Waals surface area contributed by atoms with Crippen molar-refractivity contribution in [1.82, 2.24) is 0 Å². The third-order valence-electron chi connectivity index (χ3n) is 14.0. The first-order valence-electron chi connectivity index (χ1n) is 14.2. The summed E-state index contributed by atoms with van der Waals surface area (Å²) in [6, 6.07) is 0. The Labute approximate surface area is 206 Å². The van der Waals surface area contributed by atoms with Crippen molar-refractivity contribution < 1.29 is 14.7 Å². The maximum Gasteiger partial charge on any atom is 0.312 e. The fourth-order valence-electron chi connectivity index (χ4n) is 11.8. The van der Waals surface area contributed by atoms with Gasteiger partial charge in [0.25, 0.3) is 0 Å². The zero-order valence-corrected chi connectivity index (χ0v) is 22.7. The Kier molecular flexibility index (Phi) is 4.55. The monoisotopic (exact) mass is 469 g/mol. The first-order chi connectivity index (χ1) is 15.8. The molecule has 4 nitrogen and oxygen atoms in total. The molecule has 0 radical (unpaired) electrons. The highest BCUT2D eigenvalue weighted by Gasteiger charge is 2.75. The van der Waals surface area contributed by atoms with Crippen LogP contribution in [0, 0.1) is 56.2 Å². The predicted molar refractivity (Wildman–Crippen MR) is 134 cm³/mol. The van der Waals surface area contributed by atoms with Crippen LogP contribution in [0.3, 0.4) is 0 Å². The number of ether oxygens (including phenoxy) is 1. The Morgan fingerprint density at radius 2 is 1.53 bits per heavy atom. The molecule has 6 aliphatic rings. The number of fused-ring (bicyclic) bond motifs is 5. The van der Waals surface area contributed by atoms with Crippen molar-refractivity contribution in [2.24, 2.45) is 61.3 Å². The third kappa shape index (κ3) is 2.43. The van der Waals surface area contributed by atoms with Crippen LogP contribution in [0.25, 0.3) is 0 Å². The number of esters is 1. The van der Waals surface area contributed by atoms with Crippen molar-refractivity contribution >= 4 is 11.7 Å². The van der Waals surface area contributed by atoms with E-state index in [1.54, 1.807) is 0 Å². The number of nitrogens with zero attached hydrogens (tertiary/aromatic N) is 1. The minimum absolute atomic E-state index is 0.0375. The average molecular weight is 470 g/mol. The van der Waals surface area contributed by atoms with Gasteiger partial charge in [0.1, 0.15) is 6.10 Å². The van der Waals surface area contributed by atoms with Crippen LogP contribution in [0.1, 0.15) is 113 Å². The van der Waals surface area contributed by atoms with Gasteiger partial charge in [0, 0.05) is 16.7 Å². The van der Waals surface area contributed by atoms with Gasteiger partial charge in [-0.2, -0.15) is 0 Å². The smallest absolute Gasteiger partial charge is 0.312 e. The summed E-state index contributed by atoms with van der Waals surface area (Å²) in [6.07, 6.45) is 11.5. The lowest BCUT2D eigenvalue weighted by atomic mass is 9.31. The number of carbonyl (C=O) groups is 1. The van der Waals surface area contributed by atoms with E-state index in [0.717, 1.165) is 37.8 Å². The Morgan fingerprint density at radius 3 is 2.24 bits per heavy atom. The van der Waals surface area contributed by atoms with Crippen molar-refractivity contribution in [3.8, 4) is 0 Å². The van der Waals surface area contributed by atoms with Crippen LogP contribution in [-0.4, -0.2) is 23.0 Å². The number of oxime groups is 1. The van der Waals surface area contributed by atoms with Gasteiger partial charge in [-0.25, -0.2) is 0 Å². The molecule has 6 fully saturated rings. The van der Waals surface area contributed by atoms with Gasteiger partial charge < -0.3 is 9.94 Å². The lowest BCUT2D eigenvalue weighted by Gasteiger charge is -2.72. The number of rotatable bonds is 0. The summed E-state index contributed by atoms with van der Waals surface area (Å²) in [7, 11) is 0. The zero-order chi connectivity index (χ0) is 24.5. The first kappa shape index (κ1) is 23.3. The molecule has 6 rings (SSSR count).